The highest BCUT2D eigenvalue weighted by molar-refractivity contribution is 5.73. The number of carboxylic acids is 1. The third-order valence-electron chi connectivity index (χ3n) is 3.83. The van der Waals surface area contributed by atoms with Crippen molar-refractivity contribution in [2.45, 2.75) is 91.0 Å². The average Bonchev–Trinajstić information content (AvgIpc) is 2.39. The SMILES string of the molecule is CCCCCCCCCCCCNC(C(=O)O)C(C)C. The first-order valence-electron chi connectivity index (χ1n) is 8.55. The monoisotopic (exact) mass is 285 g/mol. The lowest BCUT2D eigenvalue weighted by molar-refractivity contribution is -0.140. The van der Waals surface area contributed by atoms with Crippen molar-refractivity contribution in [3.05, 3.63) is 0 Å². The second kappa shape index (κ2) is 13.4. The van der Waals surface area contributed by atoms with Crippen LogP contribution in [0.5, 0.6) is 0 Å². The molecule has 0 saturated heterocycles. The summed E-state index contributed by atoms with van der Waals surface area (Å²) < 4.78 is 0. The molecular weight excluding hydrogens is 250 g/mol. The zero-order valence-corrected chi connectivity index (χ0v) is 13.8. The topological polar surface area (TPSA) is 49.3 Å². The molecule has 1 unspecified atom stereocenters. The van der Waals surface area contributed by atoms with Gasteiger partial charge in [0, 0.05) is 0 Å². The maximum Gasteiger partial charge on any atom is 0.320 e. The van der Waals surface area contributed by atoms with Gasteiger partial charge in [-0.2, -0.15) is 0 Å². The molecule has 2 N–H and O–H groups in total. The fourth-order valence-electron chi connectivity index (χ4n) is 2.48. The Balaban J connectivity index is 3.29. The van der Waals surface area contributed by atoms with Gasteiger partial charge in [0.2, 0.25) is 0 Å². The van der Waals surface area contributed by atoms with Crippen LogP contribution in [-0.2, 0) is 4.79 Å². The van der Waals surface area contributed by atoms with Gasteiger partial charge < -0.3 is 10.4 Å². The Labute approximate surface area is 125 Å². The van der Waals surface area contributed by atoms with Crippen LogP contribution < -0.4 is 5.32 Å². The molecule has 0 aromatic heterocycles. The van der Waals surface area contributed by atoms with Crippen LogP contribution in [0.25, 0.3) is 0 Å². The van der Waals surface area contributed by atoms with Gasteiger partial charge in [-0.05, 0) is 18.9 Å². The lowest BCUT2D eigenvalue weighted by Crippen LogP contribution is -2.41. The van der Waals surface area contributed by atoms with E-state index in [1.54, 1.807) is 0 Å². The van der Waals surface area contributed by atoms with E-state index in [9.17, 15) is 4.79 Å². The van der Waals surface area contributed by atoms with E-state index < -0.39 is 12.0 Å². The van der Waals surface area contributed by atoms with Crippen molar-refractivity contribution in [3.63, 3.8) is 0 Å². The van der Waals surface area contributed by atoms with E-state index in [1.807, 2.05) is 13.8 Å². The van der Waals surface area contributed by atoms with Crippen molar-refractivity contribution in [2.75, 3.05) is 6.54 Å². The molecule has 0 amide bonds. The third kappa shape index (κ3) is 11.3. The molecule has 0 aromatic rings. The van der Waals surface area contributed by atoms with Crippen LogP contribution in [-0.4, -0.2) is 23.7 Å². The van der Waals surface area contributed by atoms with Crippen molar-refractivity contribution in [1.29, 1.82) is 0 Å². The second-order valence-corrected chi connectivity index (χ2v) is 6.20. The summed E-state index contributed by atoms with van der Waals surface area (Å²) in [5.74, 6) is -0.581. The zero-order valence-electron chi connectivity index (χ0n) is 13.8. The minimum atomic E-state index is -0.730. The summed E-state index contributed by atoms with van der Waals surface area (Å²) >= 11 is 0. The number of nitrogens with one attached hydrogen (secondary N) is 1. The minimum Gasteiger partial charge on any atom is -0.480 e. The molecule has 0 bridgehead atoms. The standard InChI is InChI=1S/C17H35NO2/c1-4-5-6-7-8-9-10-11-12-13-14-18-16(15(2)3)17(19)20/h15-16,18H,4-14H2,1-3H3,(H,19,20). The Morgan fingerprint density at radius 1 is 0.900 bits per heavy atom. The normalized spacial score (nSPS) is 12.8. The van der Waals surface area contributed by atoms with Crippen molar-refractivity contribution in [1.82, 2.24) is 5.32 Å². The van der Waals surface area contributed by atoms with Crippen molar-refractivity contribution >= 4 is 5.97 Å². The first-order valence-corrected chi connectivity index (χ1v) is 8.55. The Morgan fingerprint density at radius 3 is 1.75 bits per heavy atom. The molecule has 20 heavy (non-hydrogen) atoms. The first-order chi connectivity index (χ1) is 9.59. The van der Waals surface area contributed by atoms with Gasteiger partial charge in [-0.1, -0.05) is 78.6 Å². The molecule has 0 radical (unpaired) electrons. The third-order valence-corrected chi connectivity index (χ3v) is 3.83. The van der Waals surface area contributed by atoms with Gasteiger partial charge in [0.05, 0.1) is 0 Å². The van der Waals surface area contributed by atoms with Crippen LogP contribution in [0.15, 0.2) is 0 Å². The maximum absolute atomic E-state index is 11.0. The van der Waals surface area contributed by atoms with Crippen LogP contribution in [0.4, 0.5) is 0 Å². The average molecular weight is 285 g/mol. The molecule has 3 heteroatoms. The van der Waals surface area contributed by atoms with Crippen molar-refractivity contribution in [2.24, 2.45) is 5.92 Å². The van der Waals surface area contributed by atoms with Crippen LogP contribution >= 0.6 is 0 Å². The lowest BCUT2D eigenvalue weighted by atomic mass is 10.0. The van der Waals surface area contributed by atoms with E-state index in [2.05, 4.69) is 12.2 Å². The Hall–Kier alpha value is -0.570. The molecular formula is C17H35NO2. The number of unbranched alkanes of at least 4 members (excludes halogenated alkanes) is 9. The summed E-state index contributed by atoms with van der Waals surface area (Å²) in [7, 11) is 0. The predicted molar refractivity (Wildman–Crippen MR) is 86.1 cm³/mol. The van der Waals surface area contributed by atoms with Gasteiger partial charge in [0.15, 0.2) is 0 Å². The van der Waals surface area contributed by atoms with Crippen LogP contribution in [0, 0.1) is 5.92 Å². The van der Waals surface area contributed by atoms with Gasteiger partial charge in [0.1, 0.15) is 6.04 Å². The van der Waals surface area contributed by atoms with Crippen molar-refractivity contribution < 1.29 is 9.90 Å². The molecule has 0 fully saturated rings. The number of carbonyl (C=O) groups is 1. The number of aliphatic carboxylic acids is 1. The molecule has 1 atom stereocenters. The molecule has 0 saturated carbocycles. The molecule has 0 rings (SSSR count). The minimum absolute atomic E-state index is 0.149. The summed E-state index contributed by atoms with van der Waals surface area (Å²) in [6.07, 6.45) is 13.2. The quantitative estimate of drug-likeness (QED) is 0.458. The Bertz CT molecular complexity index is 229. The number of rotatable bonds is 14. The predicted octanol–water partition coefficient (Wildman–Crippen LogP) is 4.61. The van der Waals surface area contributed by atoms with Crippen LogP contribution in [0.3, 0.4) is 0 Å². The van der Waals surface area contributed by atoms with E-state index in [1.165, 1.54) is 57.8 Å². The van der Waals surface area contributed by atoms with E-state index in [0.717, 1.165) is 13.0 Å². The zero-order chi connectivity index (χ0) is 15.2. The summed E-state index contributed by atoms with van der Waals surface area (Å²) in [5, 5.41) is 12.2. The lowest BCUT2D eigenvalue weighted by Gasteiger charge is -2.17. The van der Waals surface area contributed by atoms with Gasteiger partial charge in [-0.25, -0.2) is 0 Å². The summed E-state index contributed by atoms with van der Waals surface area (Å²) in [5.41, 5.74) is 0. The van der Waals surface area contributed by atoms with Crippen molar-refractivity contribution in [3.8, 4) is 0 Å². The molecule has 0 aliphatic heterocycles. The molecule has 0 aliphatic carbocycles. The molecule has 0 aliphatic rings. The number of hydrogen-bond acceptors (Lipinski definition) is 2. The summed E-state index contributed by atoms with van der Waals surface area (Å²) in [6, 6.07) is -0.395. The molecule has 3 nitrogen and oxygen atoms in total. The largest absolute Gasteiger partial charge is 0.480 e. The molecule has 0 heterocycles. The molecule has 120 valence electrons. The van der Waals surface area contributed by atoms with E-state index in [-0.39, 0.29) is 5.92 Å². The first kappa shape index (κ1) is 19.4. The number of hydrogen-bond donors (Lipinski definition) is 2. The molecule has 0 spiro atoms. The fourth-order valence-corrected chi connectivity index (χ4v) is 2.48. The summed E-state index contributed by atoms with van der Waals surface area (Å²) in [4.78, 5) is 11.0. The highest BCUT2D eigenvalue weighted by Crippen LogP contribution is 2.10. The van der Waals surface area contributed by atoms with E-state index in [4.69, 9.17) is 5.11 Å². The Kier molecular flexibility index (Phi) is 13.0. The Morgan fingerprint density at radius 2 is 1.35 bits per heavy atom. The van der Waals surface area contributed by atoms with Crippen LogP contribution in [0.2, 0.25) is 0 Å². The highest BCUT2D eigenvalue weighted by atomic mass is 16.4. The van der Waals surface area contributed by atoms with E-state index >= 15 is 0 Å². The number of carboxylic acid groups (broad SMARTS) is 1. The van der Waals surface area contributed by atoms with E-state index in [0.29, 0.717) is 0 Å². The highest BCUT2D eigenvalue weighted by Gasteiger charge is 2.19. The maximum atomic E-state index is 11.0. The molecule has 0 aromatic carbocycles. The van der Waals surface area contributed by atoms with Gasteiger partial charge in [-0.3, -0.25) is 4.79 Å². The van der Waals surface area contributed by atoms with Gasteiger partial charge >= 0.3 is 5.97 Å². The second-order valence-electron chi connectivity index (χ2n) is 6.20. The fraction of sp³-hybridized carbons (Fsp3) is 0.941. The van der Waals surface area contributed by atoms with Gasteiger partial charge in [0.25, 0.3) is 0 Å². The van der Waals surface area contributed by atoms with Gasteiger partial charge in [-0.15, -0.1) is 0 Å². The smallest absolute Gasteiger partial charge is 0.320 e. The van der Waals surface area contributed by atoms with Crippen LogP contribution in [0.1, 0.15) is 85.0 Å². The summed E-state index contributed by atoms with van der Waals surface area (Å²) in [6.45, 7) is 6.97.